The highest BCUT2D eigenvalue weighted by Gasteiger charge is 2.26. The summed E-state index contributed by atoms with van der Waals surface area (Å²) in [5.74, 6) is 0.224. The predicted octanol–water partition coefficient (Wildman–Crippen LogP) is 3.07. The Balaban J connectivity index is 2.99. The van der Waals surface area contributed by atoms with Gasteiger partial charge < -0.3 is 0 Å². The standard InChI is InChI=1S/C11H15BrN2O2S2/c1-9(2)8-14(7-3-6-13)18(15,16)11-5-4-10(12)17-11/h4-5,9H,3,7-8H2,1-2H3. The van der Waals surface area contributed by atoms with Crippen LogP contribution in [0, 0.1) is 17.2 Å². The summed E-state index contributed by atoms with van der Waals surface area (Å²) >= 11 is 4.45. The zero-order valence-corrected chi connectivity index (χ0v) is 13.5. The summed E-state index contributed by atoms with van der Waals surface area (Å²) in [6, 6.07) is 5.29. The van der Waals surface area contributed by atoms with Crippen molar-refractivity contribution in [3.05, 3.63) is 15.9 Å². The van der Waals surface area contributed by atoms with E-state index in [2.05, 4.69) is 15.9 Å². The van der Waals surface area contributed by atoms with Crippen molar-refractivity contribution in [3.8, 4) is 6.07 Å². The van der Waals surface area contributed by atoms with Gasteiger partial charge in [-0.25, -0.2) is 8.42 Å². The Bertz CT molecular complexity index is 531. The Hall–Kier alpha value is -0.420. The van der Waals surface area contributed by atoms with E-state index in [0.717, 1.165) is 3.79 Å². The van der Waals surface area contributed by atoms with Crippen LogP contribution in [0.15, 0.2) is 20.1 Å². The number of rotatable bonds is 6. The van der Waals surface area contributed by atoms with E-state index in [1.807, 2.05) is 19.9 Å². The molecule has 0 aromatic carbocycles. The molecule has 0 aliphatic heterocycles. The van der Waals surface area contributed by atoms with E-state index in [9.17, 15) is 8.42 Å². The molecule has 0 fully saturated rings. The minimum atomic E-state index is -3.48. The first kappa shape index (κ1) is 15.6. The molecule has 0 saturated carbocycles. The normalized spacial score (nSPS) is 12.0. The Labute approximate surface area is 120 Å². The molecule has 0 saturated heterocycles. The molecule has 0 aliphatic rings. The van der Waals surface area contributed by atoms with E-state index in [1.54, 1.807) is 12.1 Å². The highest BCUT2D eigenvalue weighted by molar-refractivity contribution is 9.11. The number of hydrogen-bond acceptors (Lipinski definition) is 4. The second-order valence-electron chi connectivity index (χ2n) is 4.22. The average Bonchev–Trinajstić information content (AvgIpc) is 2.71. The number of nitriles is 1. The van der Waals surface area contributed by atoms with Gasteiger partial charge in [-0.15, -0.1) is 11.3 Å². The molecule has 1 aromatic rings. The molecule has 0 unspecified atom stereocenters. The highest BCUT2D eigenvalue weighted by atomic mass is 79.9. The first-order valence-electron chi connectivity index (χ1n) is 5.50. The molecule has 0 bridgehead atoms. The first-order valence-corrected chi connectivity index (χ1v) is 8.55. The second kappa shape index (κ2) is 6.66. The van der Waals surface area contributed by atoms with Crippen LogP contribution in [0.4, 0.5) is 0 Å². The van der Waals surface area contributed by atoms with Crippen LogP contribution in [0.1, 0.15) is 20.3 Å². The molecule has 0 aliphatic carbocycles. The van der Waals surface area contributed by atoms with Crippen molar-refractivity contribution in [1.82, 2.24) is 4.31 Å². The van der Waals surface area contributed by atoms with E-state index in [-0.39, 0.29) is 18.9 Å². The molecule has 0 radical (unpaired) electrons. The summed E-state index contributed by atoms with van der Waals surface area (Å²) in [4.78, 5) is 0. The average molecular weight is 351 g/mol. The van der Waals surface area contributed by atoms with Crippen molar-refractivity contribution in [3.63, 3.8) is 0 Å². The molecule has 1 aromatic heterocycles. The fraction of sp³-hybridized carbons (Fsp3) is 0.545. The molecule has 4 nitrogen and oxygen atoms in total. The van der Waals surface area contributed by atoms with Crippen LogP contribution >= 0.6 is 27.3 Å². The molecule has 0 spiro atoms. The molecule has 1 heterocycles. The number of sulfonamides is 1. The summed E-state index contributed by atoms with van der Waals surface area (Å²) < 4.78 is 27.3. The summed E-state index contributed by atoms with van der Waals surface area (Å²) in [5, 5.41) is 8.61. The van der Waals surface area contributed by atoms with Gasteiger partial charge in [-0.05, 0) is 34.0 Å². The van der Waals surface area contributed by atoms with Crippen molar-refractivity contribution in [2.24, 2.45) is 5.92 Å². The van der Waals surface area contributed by atoms with Crippen molar-refractivity contribution >= 4 is 37.3 Å². The molecule has 7 heteroatoms. The topological polar surface area (TPSA) is 61.2 Å². The molecule has 0 N–H and O–H groups in total. The maximum Gasteiger partial charge on any atom is 0.252 e. The van der Waals surface area contributed by atoms with E-state index in [4.69, 9.17) is 5.26 Å². The number of nitrogens with zero attached hydrogens (tertiary/aromatic N) is 2. The van der Waals surface area contributed by atoms with Gasteiger partial charge in [0.2, 0.25) is 0 Å². The van der Waals surface area contributed by atoms with Gasteiger partial charge in [0, 0.05) is 19.5 Å². The third-order valence-electron chi connectivity index (χ3n) is 2.18. The van der Waals surface area contributed by atoms with Crippen LogP contribution in [0.3, 0.4) is 0 Å². The Morgan fingerprint density at radius 3 is 2.61 bits per heavy atom. The lowest BCUT2D eigenvalue weighted by molar-refractivity contribution is 0.374. The van der Waals surface area contributed by atoms with E-state index in [0.29, 0.717) is 10.8 Å². The molecule has 18 heavy (non-hydrogen) atoms. The van der Waals surface area contributed by atoms with Crippen LogP contribution in [-0.4, -0.2) is 25.8 Å². The summed E-state index contributed by atoms with van der Waals surface area (Å²) in [7, 11) is -3.48. The minimum Gasteiger partial charge on any atom is -0.206 e. The quantitative estimate of drug-likeness (QED) is 0.791. The van der Waals surface area contributed by atoms with Gasteiger partial charge in [-0.2, -0.15) is 9.57 Å². The van der Waals surface area contributed by atoms with Gasteiger partial charge in [0.25, 0.3) is 10.0 Å². The summed E-state index contributed by atoms with van der Waals surface area (Å²) in [6.07, 6.45) is 0.207. The lowest BCUT2D eigenvalue weighted by atomic mass is 10.2. The Morgan fingerprint density at radius 1 is 1.50 bits per heavy atom. The zero-order valence-electron chi connectivity index (χ0n) is 10.3. The van der Waals surface area contributed by atoms with Crippen molar-refractivity contribution in [2.75, 3.05) is 13.1 Å². The zero-order chi connectivity index (χ0) is 13.8. The Morgan fingerprint density at radius 2 is 2.17 bits per heavy atom. The summed E-state index contributed by atoms with van der Waals surface area (Å²) in [6.45, 7) is 4.59. The van der Waals surface area contributed by atoms with E-state index >= 15 is 0 Å². The van der Waals surface area contributed by atoms with Crippen LogP contribution in [0.2, 0.25) is 0 Å². The Kier molecular flexibility index (Phi) is 5.79. The molecule has 100 valence electrons. The molecule has 0 atom stereocenters. The van der Waals surface area contributed by atoms with Crippen molar-refractivity contribution in [1.29, 1.82) is 5.26 Å². The highest BCUT2D eigenvalue weighted by Crippen LogP contribution is 2.28. The fourth-order valence-corrected chi connectivity index (χ4v) is 5.22. The third kappa shape index (κ3) is 4.05. The fourth-order valence-electron chi connectivity index (χ4n) is 1.46. The van der Waals surface area contributed by atoms with Gasteiger partial charge >= 0.3 is 0 Å². The molecule has 0 amide bonds. The number of hydrogen-bond donors (Lipinski definition) is 0. The van der Waals surface area contributed by atoms with Crippen LogP contribution in [-0.2, 0) is 10.0 Å². The maximum absolute atomic E-state index is 12.4. The summed E-state index contributed by atoms with van der Waals surface area (Å²) in [5.41, 5.74) is 0. The van der Waals surface area contributed by atoms with Gasteiger partial charge in [-0.1, -0.05) is 13.8 Å². The molecule has 1 rings (SSSR count). The third-order valence-corrected chi connectivity index (χ3v) is 6.14. The van der Waals surface area contributed by atoms with Crippen molar-refractivity contribution < 1.29 is 8.42 Å². The van der Waals surface area contributed by atoms with Crippen LogP contribution in [0.25, 0.3) is 0 Å². The van der Waals surface area contributed by atoms with Gasteiger partial charge in [0.1, 0.15) is 4.21 Å². The first-order chi connectivity index (χ1) is 8.37. The van der Waals surface area contributed by atoms with Crippen LogP contribution in [0.5, 0.6) is 0 Å². The van der Waals surface area contributed by atoms with Crippen LogP contribution < -0.4 is 0 Å². The van der Waals surface area contributed by atoms with Gasteiger partial charge in [-0.3, -0.25) is 0 Å². The molecular formula is C11H15BrN2O2S2. The maximum atomic E-state index is 12.4. The number of thiophene rings is 1. The second-order valence-corrected chi connectivity index (χ2v) is 8.85. The number of halogens is 1. The van der Waals surface area contributed by atoms with Gasteiger partial charge in [0.05, 0.1) is 9.86 Å². The lowest BCUT2D eigenvalue weighted by Gasteiger charge is -2.22. The van der Waals surface area contributed by atoms with Gasteiger partial charge in [0.15, 0.2) is 0 Å². The van der Waals surface area contributed by atoms with Crippen molar-refractivity contribution in [2.45, 2.75) is 24.5 Å². The smallest absolute Gasteiger partial charge is 0.206 e. The lowest BCUT2D eigenvalue weighted by Crippen LogP contribution is -2.34. The minimum absolute atomic E-state index is 0.207. The molecular weight excluding hydrogens is 336 g/mol. The monoisotopic (exact) mass is 350 g/mol. The van der Waals surface area contributed by atoms with E-state index in [1.165, 1.54) is 15.6 Å². The predicted molar refractivity (Wildman–Crippen MR) is 75.8 cm³/mol. The van der Waals surface area contributed by atoms with E-state index < -0.39 is 10.0 Å². The largest absolute Gasteiger partial charge is 0.252 e. The SMILES string of the molecule is CC(C)CN(CCC#N)S(=O)(=O)c1ccc(Br)s1.